The third kappa shape index (κ3) is 2.99. The molecule has 0 spiro atoms. The van der Waals surface area contributed by atoms with Crippen molar-refractivity contribution in [2.24, 2.45) is 0 Å². The molecule has 0 N–H and O–H groups in total. The second kappa shape index (κ2) is 7.47. The summed E-state index contributed by atoms with van der Waals surface area (Å²) < 4.78 is 6.10. The van der Waals surface area contributed by atoms with Crippen molar-refractivity contribution in [3.63, 3.8) is 0 Å². The zero-order valence-electron chi connectivity index (χ0n) is 16.8. The SMILES string of the molecule is C#Cc1ccc(Oc2cc3c(c4ccccc24)C(=O)N(c2cccc(C#C)c2)C3=O)cc1. The first-order chi connectivity index (χ1) is 15.6. The number of carbonyl (C=O) groups excluding carboxylic acids is 2. The molecular formula is C28H15NO3. The summed E-state index contributed by atoms with van der Waals surface area (Å²) in [4.78, 5) is 27.8. The Balaban J connectivity index is 1.65. The summed E-state index contributed by atoms with van der Waals surface area (Å²) in [7, 11) is 0. The Morgan fingerprint density at radius 3 is 2.16 bits per heavy atom. The highest BCUT2D eigenvalue weighted by Gasteiger charge is 2.39. The van der Waals surface area contributed by atoms with Gasteiger partial charge in [-0.05, 0) is 53.9 Å². The van der Waals surface area contributed by atoms with E-state index in [0.717, 1.165) is 15.8 Å². The van der Waals surface area contributed by atoms with Crippen LogP contribution in [0.1, 0.15) is 31.8 Å². The van der Waals surface area contributed by atoms with Crippen molar-refractivity contribution in [2.75, 3.05) is 4.90 Å². The number of imide groups is 1. The molecule has 0 fully saturated rings. The zero-order valence-corrected chi connectivity index (χ0v) is 16.8. The third-order valence-electron chi connectivity index (χ3n) is 5.38. The number of terminal acetylenes is 2. The molecule has 0 aromatic heterocycles. The lowest BCUT2D eigenvalue weighted by atomic mass is 9.99. The van der Waals surface area contributed by atoms with Crippen molar-refractivity contribution in [3.8, 4) is 36.2 Å². The lowest BCUT2D eigenvalue weighted by Gasteiger charge is -2.14. The number of benzene rings is 4. The number of nitrogens with zero attached hydrogens (tertiary/aromatic N) is 1. The molecule has 5 rings (SSSR count). The smallest absolute Gasteiger partial charge is 0.266 e. The molecule has 0 saturated heterocycles. The van der Waals surface area contributed by atoms with Crippen LogP contribution in [0.2, 0.25) is 0 Å². The molecule has 0 atom stereocenters. The summed E-state index contributed by atoms with van der Waals surface area (Å²) in [5.41, 5.74) is 2.40. The second-order valence-electron chi connectivity index (χ2n) is 7.25. The largest absolute Gasteiger partial charge is 0.457 e. The molecule has 150 valence electrons. The summed E-state index contributed by atoms with van der Waals surface area (Å²) >= 11 is 0. The van der Waals surface area contributed by atoms with Crippen LogP contribution < -0.4 is 9.64 Å². The maximum Gasteiger partial charge on any atom is 0.266 e. The summed E-state index contributed by atoms with van der Waals surface area (Å²) in [5.74, 6) is 5.35. The normalized spacial score (nSPS) is 12.4. The van der Waals surface area contributed by atoms with E-state index in [0.29, 0.717) is 33.7 Å². The highest BCUT2D eigenvalue weighted by Crippen LogP contribution is 2.39. The minimum absolute atomic E-state index is 0.287. The van der Waals surface area contributed by atoms with Crippen molar-refractivity contribution in [3.05, 3.63) is 101 Å². The highest BCUT2D eigenvalue weighted by atomic mass is 16.5. The molecule has 4 nitrogen and oxygen atoms in total. The van der Waals surface area contributed by atoms with Crippen molar-refractivity contribution in [1.29, 1.82) is 0 Å². The summed E-state index contributed by atoms with van der Waals surface area (Å²) in [5, 5.41) is 1.38. The minimum atomic E-state index is -0.419. The number of ether oxygens (including phenoxy) is 1. The van der Waals surface area contributed by atoms with Gasteiger partial charge in [-0.2, -0.15) is 0 Å². The van der Waals surface area contributed by atoms with Gasteiger partial charge in [0.15, 0.2) is 0 Å². The number of carbonyl (C=O) groups is 2. The number of hydrogen-bond acceptors (Lipinski definition) is 3. The van der Waals surface area contributed by atoms with Crippen LogP contribution in [0.4, 0.5) is 5.69 Å². The van der Waals surface area contributed by atoms with Gasteiger partial charge in [-0.25, -0.2) is 4.90 Å². The third-order valence-corrected chi connectivity index (χ3v) is 5.38. The molecule has 0 bridgehead atoms. The molecular weight excluding hydrogens is 398 g/mol. The van der Waals surface area contributed by atoms with Crippen LogP contribution in [-0.2, 0) is 0 Å². The summed E-state index contributed by atoms with van der Waals surface area (Å²) in [6.45, 7) is 0. The molecule has 0 radical (unpaired) electrons. The average Bonchev–Trinajstić information content (AvgIpc) is 3.09. The summed E-state index contributed by atoms with van der Waals surface area (Å²) in [6.07, 6.45) is 10.9. The van der Waals surface area contributed by atoms with E-state index in [9.17, 15) is 9.59 Å². The van der Waals surface area contributed by atoms with Gasteiger partial charge < -0.3 is 4.74 Å². The van der Waals surface area contributed by atoms with E-state index >= 15 is 0 Å². The van der Waals surface area contributed by atoms with Crippen LogP contribution in [0, 0.1) is 24.7 Å². The molecule has 0 saturated carbocycles. The van der Waals surface area contributed by atoms with E-state index < -0.39 is 5.91 Å². The number of anilines is 1. The van der Waals surface area contributed by atoms with E-state index in [1.165, 1.54) is 0 Å². The number of fused-ring (bicyclic) bond motifs is 3. The van der Waals surface area contributed by atoms with E-state index in [4.69, 9.17) is 17.6 Å². The molecule has 4 aromatic rings. The monoisotopic (exact) mass is 413 g/mol. The first kappa shape index (κ1) is 19.2. The Labute approximate surface area is 185 Å². The highest BCUT2D eigenvalue weighted by molar-refractivity contribution is 6.38. The van der Waals surface area contributed by atoms with Crippen molar-refractivity contribution in [1.82, 2.24) is 0 Å². The quantitative estimate of drug-likeness (QED) is 0.334. The van der Waals surface area contributed by atoms with Crippen LogP contribution in [0.25, 0.3) is 10.8 Å². The predicted molar refractivity (Wildman–Crippen MR) is 124 cm³/mol. The average molecular weight is 413 g/mol. The van der Waals surface area contributed by atoms with Gasteiger partial charge in [0.2, 0.25) is 0 Å². The van der Waals surface area contributed by atoms with Crippen LogP contribution >= 0.6 is 0 Å². The number of hydrogen-bond donors (Lipinski definition) is 0. The van der Waals surface area contributed by atoms with Crippen LogP contribution in [-0.4, -0.2) is 11.8 Å². The van der Waals surface area contributed by atoms with E-state index in [2.05, 4.69) is 11.8 Å². The lowest BCUT2D eigenvalue weighted by Crippen LogP contribution is -2.29. The molecule has 32 heavy (non-hydrogen) atoms. The topological polar surface area (TPSA) is 46.6 Å². The second-order valence-corrected chi connectivity index (χ2v) is 7.25. The Hall–Kier alpha value is -4.80. The fourth-order valence-corrected chi connectivity index (χ4v) is 3.87. The van der Waals surface area contributed by atoms with Gasteiger partial charge in [0.05, 0.1) is 16.8 Å². The fraction of sp³-hybridized carbons (Fsp3) is 0. The van der Waals surface area contributed by atoms with Gasteiger partial charge in [0.1, 0.15) is 11.5 Å². The van der Waals surface area contributed by atoms with Crippen LogP contribution in [0.3, 0.4) is 0 Å². The first-order valence-corrected chi connectivity index (χ1v) is 9.86. The number of amides is 2. The van der Waals surface area contributed by atoms with Gasteiger partial charge in [0.25, 0.3) is 11.8 Å². The molecule has 1 aliphatic rings. The Morgan fingerprint density at radius 1 is 0.719 bits per heavy atom. The Kier molecular flexibility index (Phi) is 4.48. The molecule has 2 amide bonds. The first-order valence-electron chi connectivity index (χ1n) is 9.86. The maximum absolute atomic E-state index is 13.4. The van der Waals surface area contributed by atoms with Crippen molar-refractivity contribution >= 4 is 28.3 Å². The maximum atomic E-state index is 13.4. The minimum Gasteiger partial charge on any atom is -0.457 e. The lowest BCUT2D eigenvalue weighted by molar-refractivity contribution is 0.0926. The molecule has 1 aliphatic heterocycles. The van der Waals surface area contributed by atoms with Gasteiger partial charge >= 0.3 is 0 Å². The van der Waals surface area contributed by atoms with E-state index in [-0.39, 0.29) is 11.5 Å². The molecule has 0 unspecified atom stereocenters. The number of rotatable bonds is 3. The molecule has 0 aliphatic carbocycles. The predicted octanol–water partition coefficient (Wildman–Crippen LogP) is 5.40. The summed E-state index contributed by atoms with van der Waals surface area (Å²) in [6, 6.07) is 22.9. The van der Waals surface area contributed by atoms with Gasteiger partial charge in [-0.1, -0.05) is 42.2 Å². The van der Waals surface area contributed by atoms with Gasteiger partial charge in [-0.15, -0.1) is 12.8 Å². The van der Waals surface area contributed by atoms with E-state index in [1.807, 2.05) is 24.3 Å². The fourth-order valence-electron chi connectivity index (χ4n) is 3.87. The van der Waals surface area contributed by atoms with Crippen LogP contribution in [0.5, 0.6) is 11.5 Å². The Bertz CT molecular complexity index is 1500. The van der Waals surface area contributed by atoms with E-state index in [1.54, 1.807) is 54.6 Å². The zero-order chi connectivity index (χ0) is 22.2. The van der Waals surface area contributed by atoms with Crippen LogP contribution in [0.15, 0.2) is 78.9 Å². The van der Waals surface area contributed by atoms with Gasteiger partial charge in [0, 0.05) is 16.5 Å². The standard InChI is InChI=1S/C28H15NO3/c1-3-18-12-14-21(15-13-18)32-25-17-24-26(23-11-6-5-10-22(23)25)28(31)29(27(24)30)20-9-7-8-19(4-2)16-20/h1-2,5-17H. The molecule has 4 aromatic carbocycles. The Morgan fingerprint density at radius 2 is 1.44 bits per heavy atom. The molecule has 1 heterocycles. The molecule has 4 heteroatoms. The van der Waals surface area contributed by atoms with Crippen molar-refractivity contribution in [2.45, 2.75) is 0 Å². The van der Waals surface area contributed by atoms with Gasteiger partial charge in [-0.3, -0.25) is 9.59 Å². The van der Waals surface area contributed by atoms with Crippen molar-refractivity contribution < 1.29 is 14.3 Å².